The molecule has 1 aromatic carbocycles. The van der Waals surface area contributed by atoms with Crippen LogP contribution in [-0.2, 0) is 0 Å². The van der Waals surface area contributed by atoms with E-state index in [0.29, 0.717) is 15.7 Å². The van der Waals surface area contributed by atoms with Gasteiger partial charge in [0.05, 0.1) is 10.4 Å². The molecule has 0 aliphatic carbocycles. The summed E-state index contributed by atoms with van der Waals surface area (Å²) >= 11 is 8.62. The highest BCUT2D eigenvalue weighted by Crippen LogP contribution is 2.24. The van der Waals surface area contributed by atoms with E-state index in [0.717, 1.165) is 0 Å². The topological polar surface area (TPSA) is 43.1 Å². The fraction of sp³-hybridized carbons (Fsp3) is 0.125. The standard InChI is InChI=1S/C8H7BrClNO/c9-8-5(7(12)4-10)2-1-3-6(8)11/h1-3H,4,11H2. The summed E-state index contributed by atoms with van der Waals surface area (Å²) in [5, 5.41) is 0. The first-order valence-electron chi connectivity index (χ1n) is 3.30. The Morgan fingerprint density at radius 2 is 2.25 bits per heavy atom. The zero-order valence-corrected chi connectivity index (χ0v) is 8.52. The second-order valence-electron chi connectivity index (χ2n) is 2.27. The Kier molecular flexibility index (Phi) is 3.12. The SMILES string of the molecule is Nc1cccc(C(=O)CCl)c1Br. The van der Waals surface area contributed by atoms with Crippen molar-refractivity contribution >= 4 is 39.0 Å². The van der Waals surface area contributed by atoms with Crippen LogP contribution in [0.4, 0.5) is 5.69 Å². The van der Waals surface area contributed by atoms with Crippen molar-refractivity contribution in [2.45, 2.75) is 0 Å². The number of anilines is 1. The highest BCUT2D eigenvalue weighted by atomic mass is 79.9. The maximum atomic E-state index is 11.2. The number of halogens is 2. The number of Topliss-reactive ketones (excluding diaryl/α,β-unsaturated/α-hetero) is 1. The largest absolute Gasteiger partial charge is 0.398 e. The van der Waals surface area contributed by atoms with Crippen molar-refractivity contribution in [3.63, 3.8) is 0 Å². The smallest absolute Gasteiger partial charge is 0.178 e. The van der Waals surface area contributed by atoms with Crippen LogP contribution in [0.1, 0.15) is 10.4 Å². The molecule has 0 aliphatic rings. The summed E-state index contributed by atoms with van der Waals surface area (Å²) in [5.74, 6) is -0.155. The van der Waals surface area contributed by atoms with Crippen LogP contribution in [-0.4, -0.2) is 11.7 Å². The Labute approximate surface area is 83.8 Å². The van der Waals surface area contributed by atoms with Gasteiger partial charge in [0, 0.05) is 11.3 Å². The third kappa shape index (κ3) is 1.79. The first-order valence-corrected chi connectivity index (χ1v) is 4.62. The molecule has 0 bridgehead atoms. The Morgan fingerprint density at radius 3 is 2.83 bits per heavy atom. The van der Waals surface area contributed by atoms with Crippen LogP contribution in [0.3, 0.4) is 0 Å². The second-order valence-corrected chi connectivity index (χ2v) is 3.33. The fourth-order valence-electron chi connectivity index (χ4n) is 0.837. The molecule has 12 heavy (non-hydrogen) atoms. The third-order valence-electron chi connectivity index (χ3n) is 1.45. The maximum Gasteiger partial charge on any atom is 0.178 e. The summed E-state index contributed by atoms with van der Waals surface area (Å²) in [4.78, 5) is 11.2. The molecule has 0 amide bonds. The molecule has 64 valence electrons. The van der Waals surface area contributed by atoms with Crippen LogP contribution in [0.5, 0.6) is 0 Å². The predicted octanol–water partition coefficient (Wildman–Crippen LogP) is 2.45. The van der Waals surface area contributed by atoms with E-state index in [1.165, 1.54) is 0 Å². The first-order chi connectivity index (χ1) is 5.66. The number of ketones is 1. The van der Waals surface area contributed by atoms with Crippen LogP contribution in [0.25, 0.3) is 0 Å². The minimum atomic E-state index is -0.129. The Morgan fingerprint density at radius 1 is 1.58 bits per heavy atom. The van der Waals surface area contributed by atoms with Gasteiger partial charge in [-0.2, -0.15) is 0 Å². The van der Waals surface area contributed by atoms with E-state index in [1.54, 1.807) is 18.2 Å². The average Bonchev–Trinajstić information content (AvgIpc) is 2.08. The molecule has 1 rings (SSSR count). The van der Waals surface area contributed by atoms with E-state index >= 15 is 0 Å². The molecule has 0 heterocycles. The van der Waals surface area contributed by atoms with E-state index in [1.807, 2.05) is 0 Å². The lowest BCUT2D eigenvalue weighted by molar-refractivity contribution is 0.102. The van der Waals surface area contributed by atoms with Crippen LogP contribution in [0.15, 0.2) is 22.7 Å². The number of nitrogens with two attached hydrogens (primary N) is 1. The number of alkyl halides is 1. The van der Waals surface area contributed by atoms with E-state index in [9.17, 15) is 4.79 Å². The van der Waals surface area contributed by atoms with Gasteiger partial charge in [0.1, 0.15) is 0 Å². The summed E-state index contributed by atoms with van der Waals surface area (Å²) in [6.45, 7) is 0. The minimum Gasteiger partial charge on any atom is -0.398 e. The lowest BCUT2D eigenvalue weighted by Crippen LogP contribution is -2.02. The number of hydrogen-bond donors (Lipinski definition) is 1. The molecule has 0 atom stereocenters. The molecule has 1 aromatic rings. The first kappa shape index (κ1) is 9.55. The Bertz CT molecular complexity index is 314. The van der Waals surface area contributed by atoms with Crippen molar-refractivity contribution in [1.29, 1.82) is 0 Å². The van der Waals surface area contributed by atoms with E-state index in [-0.39, 0.29) is 11.7 Å². The highest BCUT2D eigenvalue weighted by molar-refractivity contribution is 9.10. The lowest BCUT2D eigenvalue weighted by atomic mass is 10.1. The van der Waals surface area contributed by atoms with Gasteiger partial charge in [-0.1, -0.05) is 12.1 Å². The summed E-state index contributed by atoms with van der Waals surface area (Å²) in [6, 6.07) is 5.13. The minimum absolute atomic E-state index is 0.0257. The summed E-state index contributed by atoms with van der Waals surface area (Å²) in [5.41, 5.74) is 6.65. The number of carbonyl (C=O) groups is 1. The van der Waals surface area contributed by atoms with E-state index in [2.05, 4.69) is 15.9 Å². The van der Waals surface area contributed by atoms with Crippen molar-refractivity contribution in [3.05, 3.63) is 28.2 Å². The molecule has 0 aromatic heterocycles. The summed E-state index contributed by atoms with van der Waals surface area (Å²) < 4.78 is 0.621. The molecule has 2 nitrogen and oxygen atoms in total. The summed E-state index contributed by atoms with van der Waals surface area (Å²) in [6.07, 6.45) is 0. The summed E-state index contributed by atoms with van der Waals surface area (Å²) in [7, 11) is 0. The van der Waals surface area contributed by atoms with Gasteiger partial charge < -0.3 is 5.73 Å². The zero-order chi connectivity index (χ0) is 9.14. The zero-order valence-electron chi connectivity index (χ0n) is 6.18. The van der Waals surface area contributed by atoms with Gasteiger partial charge in [-0.15, -0.1) is 11.6 Å². The molecule has 0 saturated carbocycles. The van der Waals surface area contributed by atoms with E-state index < -0.39 is 0 Å². The average molecular weight is 249 g/mol. The Balaban J connectivity index is 3.16. The third-order valence-corrected chi connectivity index (χ3v) is 2.58. The van der Waals surface area contributed by atoms with Crippen molar-refractivity contribution in [1.82, 2.24) is 0 Å². The van der Waals surface area contributed by atoms with E-state index in [4.69, 9.17) is 17.3 Å². The molecular weight excluding hydrogens is 241 g/mol. The quantitative estimate of drug-likeness (QED) is 0.496. The highest BCUT2D eigenvalue weighted by Gasteiger charge is 2.09. The van der Waals surface area contributed by atoms with Crippen LogP contribution in [0.2, 0.25) is 0 Å². The van der Waals surface area contributed by atoms with Crippen LogP contribution >= 0.6 is 27.5 Å². The Hall–Kier alpha value is -0.540. The molecule has 0 fully saturated rings. The molecule has 0 aliphatic heterocycles. The van der Waals surface area contributed by atoms with Gasteiger partial charge >= 0.3 is 0 Å². The molecule has 0 spiro atoms. The molecule has 2 N–H and O–H groups in total. The molecule has 0 saturated heterocycles. The fourth-order valence-corrected chi connectivity index (χ4v) is 1.47. The normalized spacial score (nSPS) is 9.83. The lowest BCUT2D eigenvalue weighted by Gasteiger charge is -2.02. The number of benzene rings is 1. The second kappa shape index (κ2) is 3.92. The van der Waals surface area contributed by atoms with Crippen molar-refractivity contribution in [3.8, 4) is 0 Å². The number of rotatable bonds is 2. The number of carbonyl (C=O) groups excluding carboxylic acids is 1. The molecule has 4 heteroatoms. The monoisotopic (exact) mass is 247 g/mol. The maximum absolute atomic E-state index is 11.2. The van der Waals surface area contributed by atoms with Gasteiger partial charge in [0.15, 0.2) is 5.78 Å². The van der Waals surface area contributed by atoms with Gasteiger partial charge in [0.2, 0.25) is 0 Å². The molecular formula is C8H7BrClNO. The van der Waals surface area contributed by atoms with Gasteiger partial charge in [-0.05, 0) is 22.0 Å². The van der Waals surface area contributed by atoms with Gasteiger partial charge in [-0.25, -0.2) is 0 Å². The van der Waals surface area contributed by atoms with Crippen molar-refractivity contribution < 1.29 is 4.79 Å². The van der Waals surface area contributed by atoms with Crippen molar-refractivity contribution in [2.75, 3.05) is 11.6 Å². The predicted molar refractivity (Wildman–Crippen MR) is 53.6 cm³/mol. The number of nitrogen functional groups attached to an aromatic ring is 1. The van der Waals surface area contributed by atoms with Crippen LogP contribution < -0.4 is 5.73 Å². The van der Waals surface area contributed by atoms with Gasteiger partial charge in [0.25, 0.3) is 0 Å². The van der Waals surface area contributed by atoms with Crippen molar-refractivity contribution in [2.24, 2.45) is 0 Å². The molecule has 0 radical (unpaired) electrons. The number of hydrogen-bond acceptors (Lipinski definition) is 2. The van der Waals surface area contributed by atoms with Crippen LogP contribution in [0, 0.1) is 0 Å². The van der Waals surface area contributed by atoms with Gasteiger partial charge in [-0.3, -0.25) is 4.79 Å². The molecule has 0 unspecified atom stereocenters.